The normalized spacial score (nSPS) is 13.3. The van der Waals surface area contributed by atoms with Crippen LogP contribution >= 0.6 is 0 Å². The van der Waals surface area contributed by atoms with Crippen molar-refractivity contribution in [3.8, 4) is 11.1 Å². The fraction of sp³-hybridized carbons (Fsp3) is 0.0588. The molecule has 0 amide bonds. The lowest BCUT2D eigenvalue weighted by atomic mass is 9.81. The highest BCUT2D eigenvalue weighted by atomic mass is 15.1. The molecule has 1 nitrogen and oxygen atoms in total. The van der Waals surface area contributed by atoms with Crippen molar-refractivity contribution in [2.24, 2.45) is 0 Å². The van der Waals surface area contributed by atoms with Gasteiger partial charge in [-0.2, -0.15) is 0 Å². The Morgan fingerprint density at radius 3 is 1.50 bits per heavy atom. The van der Waals surface area contributed by atoms with E-state index in [1.54, 1.807) is 0 Å². The maximum Gasteiger partial charge on any atom is 0.0468 e. The fourth-order valence-electron chi connectivity index (χ4n) is 8.36. The highest BCUT2D eigenvalue weighted by Gasteiger charge is 2.34. The Morgan fingerprint density at radius 1 is 0.365 bits per heavy atom. The van der Waals surface area contributed by atoms with E-state index in [0.717, 1.165) is 22.6 Å². The van der Waals surface area contributed by atoms with Gasteiger partial charge >= 0.3 is 0 Å². The van der Waals surface area contributed by atoms with E-state index in [-0.39, 0.29) is 5.41 Å². The van der Waals surface area contributed by atoms with E-state index in [0.29, 0.717) is 0 Å². The van der Waals surface area contributed by atoms with E-state index in [1.807, 2.05) is 0 Å². The summed E-state index contributed by atoms with van der Waals surface area (Å²) in [5.74, 6) is 0. The number of hydrogen-bond acceptors (Lipinski definition) is 1. The SMILES string of the molecule is CC1(C)c2cccc3ccc4cc(-c5ccc(/C=C/c6ccc(N(c7ccc8ccccc8c7)c7ccc8ccccc8c7)cc6)cc5)cc1c4c23. The molecule has 0 bridgehead atoms. The summed E-state index contributed by atoms with van der Waals surface area (Å²) >= 11 is 0. The van der Waals surface area contributed by atoms with Crippen molar-refractivity contribution in [3.05, 3.63) is 198 Å². The van der Waals surface area contributed by atoms with Gasteiger partial charge in [0.15, 0.2) is 0 Å². The van der Waals surface area contributed by atoms with Gasteiger partial charge in [-0.1, -0.05) is 153 Å². The molecule has 0 saturated carbocycles. The standard InChI is InChI=1S/C51H37N/c1-51(2)47-13-7-12-39-22-23-42-30-43(33-48(51)50(42)49(39)47)38-20-16-34(17-21-38)14-15-35-18-26-44(27-19-35)52(45-28-24-36-8-3-5-10-40(36)31-45)46-29-25-37-9-4-6-11-41(37)32-46/h3-33H,1-2H3/b15-14+. The molecule has 0 aliphatic heterocycles. The summed E-state index contributed by atoms with van der Waals surface area (Å²) in [6, 6.07) is 64.5. The lowest BCUT2D eigenvalue weighted by Gasteiger charge is -2.26. The summed E-state index contributed by atoms with van der Waals surface area (Å²) in [4.78, 5) is 2.35. The van der Waals surface area contributed by atoms with E-state index >= 15 is 0 Å². The van der Waals surface area contributed by atoms with Crippen molar-refractivity contribution in [2.75, 3.05) is 4.90 Å². The summed E-state index contributed by atoms with van der Waals surface area (Å²) < 4.78 is 0. The summed E-state index contributed by atoms with van der Waals surface area (Å²) in [6.45, 7) is 4.73. The van der Waals surface area contributed by atoms with Crippen LogP contribution in [0.1, 0.15) is 36.1 Å². The second kappa shape index (κ2) is 11.8. The zero-order chi connectivity index (χ0) is 34.8. The number of hydrogen-bond donors (Lipinski definition) is 0. The first-order valence-corrected chi connectivity index (χ1v) is 18.2. The van der Waals surface area contributed by atoms with Crippen molar-refractivity contribution in [2.45, 2.75) is 19.3 Å². The van der Waals surface area contributed by atoms with Crippen LogP contribution in [0.3, 0.4) is 0 Å². The molecule has 0 heterocycles. The van der Waals surface area contributed by atoms with Crippen LogP contribution in [0, 0.1) is 0 Å². The minimum absolute atomic E-state index is 0.0162. The van der Waals surface area contributed by atoms with Crippen LogP contribution < -0.4 is 4.90 Å². The van der Waals surface area contributed by atoms with Gasteiger partial charge < -0.3 is 4.90 Å². The van der Waals surface area contributed by atoms with Gasteiger partial charge in [0.2, 0.25) is 0 Å². The molecule has 0 aromatic heterocycles. The number of rotatable bonds is 6. The minimum Gasteiger partial charge on any atom is -0.310 e. The average Bonchev–Trinajstić information content (AvgIpc) is 3.43. The Morgan fingerprint density at radius 2 is 0.865 bits per heavy atom. The van der Waals surface area contributed by atoms with Gasteiger partial charge in [-0.3, -0.25) is 0 Å². The van der Waals surface area contributed by atoms with E-state index in [9.17, 15) is 0 Å². The number of anilines is 3. The van der Waals surface area contributed by atoms with Crippen molar-refractivity contribution in [1.82, 2.24) is 0 Å². The van der Waals surface area contributed by atoms with Crippen LogP contribution in [0.2, 0.25) is 0 Å². The first-order valence-electron chi connectivity index (χ1n) is 18.2. The van der Waals surface area contributed by atoms with Crippen LogP contribution in [-0.4, -0.2) is 0 Å². The zero-order valence-corrected chi connectivity index (χ0v) is 29.3. The Labute approximate surface area is 304 Å². The zero-order valence-electron chi connectivity index (χ0n) is 29.3. The number of nitrogens with zero attached hydrogens (tertiary/aromatic N) is 1. The van der Waals surface area contributed by atoms with Crippen molar-refractivity contribution in [3.63, 3.8) is 0 Å². The molecule has 52 heavy (non-hydrogen) atoms. The molecule has 0 unspecified atom stereocenters. The third-order valence-corrected chi connectivity index (χ3v) is 11.2. The van der Waals surface area contributed by atoms with Gasteiger partial charge in [0.05, 0.1) is 0 Å². The van der Waals surface area contributed by atoms with E-state index in [2.05, 4.69) is 207 Å². The van der Waals surface area contributed by atoms with Gasteiger partial charge in [-0.15, -0.1) is 0 Å². The summed E-state index contributed by atoms with van der Waals surface area (Å²) in [5.41, 5.74) is 11.1. The van der Waals surface area contributed by atoms with E-state index in [4.69, 9.17) is 0 Å². The maximum atomic E-state index is 2.42. The summed E-state index contributed by atoms with van der Waals surface area (Å²) in [6.07, 6.45) is 4.41. The second-order valence-electron chi connectivity index (χ2n) is 14.7. The van der Waals surface area contributed by atoms with E-state index in [1.165, 1.54) is 70.9 Å². The molecule has 1 aliphatic carbocycles. The largest absolute Gasteiger partial charge is 0.310 e. The molecule has 1 heteroatoms. The topological polar surface area (TPSA) is 3.24 Å². The summed E-state index contributed by atoms with van der Waals surface area (Å²) in [7, 11) is 0. The molecule has 0 radical (unpaired) electrons. The number of fused-ring (bicyclic) bond motifs is 2. The molecule has 0 spiro atoms. The maximum absolute atomic E-state index is 2.42. The third kappa shape index (κ3) is 5.00. The van der Waals surface area contributed by atoms with Crippen LogP contribution in [0.25, 0.3) is 66.4 Å². The molecular weight excluding hydrogens is 627 g/mol. The quantitative estimate of drug-likeness (QED) is 0.126. The Bertz CT molecular complexity index is 2780. The van der Waals surface area contributed by atoms with Gasteiger partial charge in [-0.05, 0) is 125 Å². The molecule has 0 fully saturated rings. The monoisotopic (exact) mass is 663 g/mol. The Kier molecular flexibility index (Phi) is 6.91. The predicted molar refractivity (Wildman–Crippen MR) is 224 cm³/mol. The smallest absolute Gasteiger partial charge is 0.0468 e. The van der Waals surface area contributed by atoms with Gasteiger partial charge in [-0.25, -0.2) is 0 Å². The number of benzene rings is 9. The van der Waals surface area contributed by atoms with Gasteiger partial charge in [0.1, 0.15) is 0 Å². The first-order chi connectivity index (χ1) is 25.5. The molecular formula is C51H37N. The minimum atomic E-state index is -0.0162. The fourth-order valence-corrected chi connectivity index (χ4v) is 8.36. The molecule has 1 aliphatic rings. The van der Waals surface area contributed by atoms with Crippen molar-refractivity contribution in [1.29, 1.82) is 0 Å². The highest BCUT2D eigenvalue weighted by molar-refractivity contribution is 6.15. The van der Waals surface area contributed by atoms with Crippen LogP contribution in [0.15, 0.2) is 176 Å². The molecule has 0 N–H and O–H groups in total. The van der Waals surface area contributed by atoms with Crippen molar-refractivity contribution >= 4 is 72.3 Å². The van der Waals surface area contributed by atoms with E-state index < -0.39 is 0 Å². The molecule has 9 aromatic rings. The van der Waals surface area contributed by atoms with Gasteiger partial charge in [0.25, 0.3) is 0 Å². The Hall–Kier alpha value is -6.44. The molecule has 246 valence electrons. The lowest BCUT2D eigenvalue weighted by Crippen LogP contribution is -2.15. The second-order valence-corrected chi connectivity index (χ2v) is 14.7. The first kappa shape index (κ1) is 30.4. The predicted octanol–water partition coefficient (Wildman–Crippen LogP) is 14.2. The lowest BCUT2D eigenvalue weighted by molar-refractivity contribution is 0.663. The average molecular weight is 664 g/mol. The summed E-state index contributed by atoms with van der Waals surface area (Å²) in [5, 5.41) is 10.4. The highest BCUT2D eigenvalue weighted by Crippen LogP contribution is 2.50. The molecule has 0 saturated heterocycles. The molecule has 0 atom stereocenters. The third-order valence-electron chi connectivity index (χ3n) is 11.2. The van der Waals surface area contributed by atoms with Crippen LogP contribution in [0.4, 0.5) is 17.1 Å². The Balaban J connectivity index is 0.940. The molecule has 10 rings (SSSR count). The van der Waals surface area contributed by atoms with Crippen molar-refractivity contribution < 1.29 is 0 Å². The molecule has 9 aromatic carbocycles. The van der Waals surface area contributed by atoms with Crippen LogP contribution in [0.5, 0.6) is 0 Å². The van der Waals surface area contributed by atoms with Gasteiger partial charge in [0, 0.05) is 22.5 Å². The van der Waals surface area contributed by atoms with Crippen LogP contribution in [-0.2, 0) is 5.41 Å².